The van der Waals surface area contributed by atoms with E-state index < -0.39 is 48.9 Å². The Morgan fingerprint density at radius 2 is 2.09 bits per heavy atom. The zero-order valence-electron chi connectivity index (χ0n) is 16.3. The second-order valence-electron chi connectivity index (χ2n) is 7.45. The van der Waals surface area contributed by atoms with Gasteiger partial charge in [0.15, 0.2) is 11.3 Å². The summed E-state index contributed by atoms with van der Waals surface area (Å²) >= 11 is 0. The Bertz CT molecular complexity index is 1070. The number of alkyl carbamates (subject to hydrolysis) is 1. The highest BCUT2D eigenvalue weighted by atomic mass is 19.4. The van der Waals surface area contributed by atoms with Gasteiger partial charge in [-0.05, 0) is 6.07 Å². The summed E-state index contributed by atoms with van der Waals surface area (Å²) in [5.74, 6) is -1.30. The summed E-state index contributed by atoms with van der Waals surface area (Å²) in [6.45, 7) is -2.72. The smallest absolute Gasteiger partial charge is 0.407 e. The number of fused-ring (bicyclic) bond motifs is 1. The number of alkyl halides is 4. The van der Waals surface area contributed by atoms with Crippen LogP contribution in [0.3, 0.4) is 0 Å². The van der Waals surface area contributed by atoms with Gasteiger partial charge in [0.1, 0.15) is 13.2 Å². The van der Waals surface area contributed by atoms with Crippen molar-refractivity contribution in [3.05, 3.63) is 24.2 Å². The maximum Gasteiger partial charge on any atom is 0.407 e. The Kier molecular flexibility index (Phi) is 5.26. The number of amides is 4. The molecule has 172 valence electrons. The van der Waals surface area contributed by atoms with Gasteiger partial charge in [0.2, 0.25) is 5.91 Å². The molecule has 0 spiro atoms. The second-order valence-corrected chi connectivity index (χ2v) is 7.45. The molecular weight excluding hydrogens is 442 g/mol. The lowest BCUT2D eigenvalue weighted by molar-refractivity contribution is -0.124. The Morgan fingerprint density at radius 3 is 2.78 bits per heavy atom. The van der Waals surface area contributed by atoms with Gasteiger partial charge in [-0.3, -0.25) is 10.1 Å². The molecule has 4 heterocycles. The number of urea groups is 1. The molecule has 32 heavy (non-hydrogen) atoms. The lowest BCUT2D eigenvalue weighted by atomic mass is 9.95. The molecule has 0 bridgehead atoms. The molecule has 2 aliphatic heterocycles. The highest BCUT2D eigenvalue weighted by Gasteiger charge is 2.46. The third-order valence-electron chi connectivity index (χ3n) is 4.92. The molecule has 0 aliphatic carbocycles. The van der Waals surface area contributed by atoms with Gasteiger partial charge < -0.3 is 20.3 Å². The van der Waals surface area contributed by atoms with Crippen LogP contribution in [-0.2, 0) is 9.53 Å². The van der Waals surface area contributed by atoms with Crippen LogP contribution in [0.25, 0.3) is 5.65 Å². The molecule has 4 rings (SSSR count). The fourth-order valence-electron chi connectivity index (χ4n) is 3.41. The molecular formula is C17H17F4N7O4. The molecule has 2 aromatic heterocycles. The van der Waals surface area contributed by atoms with E-state index in [0.717, 1.165) is 0 Å². The number of imidazole rings is 1. The third-order valence-corrected chi connectivity index (χ3v) is 4.92. The first-order valence-electron chi connectivity index (χ1n) is 9.37. The average Bonchev–Trinajstić information content (AvgIpc) is 3.16. The first kappa shape index (κ1) is 21.6. The summed E-state index contributed by atoms with van der Waals surface area (Å²) < 4.78 is 57.1. The fourth-order valence-corrected chi connectivity index (χ4v) is 3.41. The van der Waals surface area contributed by atoms with Gasteiger partial charge in [-0.15, -0.1) is 0 Å². The molecule has 2 fully saturated rings. The number of hydrogen-bond acceptors (Lipinski definition) is 7. The minimum absolute atomic E-state index is 0.0330. The van der Waals surface area contributed by atoms with Crippen LogP contribution in [-0.4, -0.2) is 77.3 Å². The van der Waals surface area contributed by atoms with Crippen LogP contribution in [0.2, 0.25) is 0 Å². The molecule has 15 heteroatoms. The van der Waals surface area contributed by atoms with Crippen molar-refractivity contribution in [2.75, 3.05) is 37.7 Å². The van der Waals surface area contributed by atoms with Crippen LogP contribution >= 0.6 is 0 Å². The molecule has 11 nitrogen and oxygen atoms in total. The van der Waals surface area contributed by atoms with Gasteiger partial charge >= 0.3 is 18.3 Å². The molecule has 2 aromatic rings. The third kappa shape index (κ3) is 4.50. The van der Waals surface area contributed by atoms with Gasteiger partial charge in [-0.2, -0.15) is 18.3 Å². The van der Waals surface area contributed by atoms with Crippen LogP contribution in [0.5, 0.6) is 0 Å². The number of aromatic nitrogens is 3. The summed E-state index contributed by atoms with van der Waals surface area (Å²) in [5, 5.41) is 10.5. The number of carbonyl (C=O) groups excluding carboxylic acids is 3. The van der Waals surface area contributed by atoms with Gasteiger partial charge in [-0.25, -0.2) is 23.5 Å². The Hall–Kier alpha value is -3.65. The zero-order chi connectivity index (χ0) is 23.1. The summed E-state index contributed by atoms with van der Waals surface area (Å²) in [6.07, 6.45) is -2.97. The first-order valence-corrected chi connectivity index (χ1v) is 9.37. The SMILES string of the molecule is O=C1NCC(c2cc(N3CC(F)(COC(=O)NCC(F)(F)F)C3)c3nccn3n2)C(=O)N1. The maximum atomic E-state index is 14.8. The summed E-state index contributed by atoms with van der Waals surface area (Å²) in [7, 11) is 0. The van der Waals surface area contributed by atoms with Crippen LogP contribution in [0.15, 0.2) is 18.5 Å². The Balaban J connectivity index is 1.43. The number of carbonyl (C=O) groups is 3. The Morgan fingerprint density at radius 1 is 1.34 bits per heavy atom. The highest BCUT2D eigenvalue weighted by molar-refractivity contribution is 6.00. The number of ether oxygens (including phenoxy) is 1. The molecule has 0 saturated carbocycles. The molecule has 1 atom stereocenters. The van der Waals surface area contributed by atoms with E-state index in [2.05, 4.69) is 25.5 Å². The van der Waals surface area contributed by atoms with Gasteiger partial charge in [0.25, 0.3) is 0 Å². The van der Waals surface area contributed by atoms with E-state index >= 15 is 0 Å². The number of anilines is 1. The number of halogens is 4. The van der Waals surface area contributed by atoms with Crippen molar-refractivity contribution < 1.29 is 36.7 Å². The van der Waals surface area contributed by atoms with Crippen LogP contribution in [0.1, 0.15) is 11.6 Å². The predicted molar refractivity (Wildman–Crippen MR) is 98.7 cm³/mol. The highest BCUT2D eigenvalue weighted by Crippen LogP contribution is 2.34. The standard InChI is InChI=1S/C17H17F4N7O4/c18-16(8-32-15(31)24-5-17(19,20)21)6-27(7-16)11-3-10(26-28-2-1-22-12(11)28)9-4-23-14(30)25-13(9)29/h1-3,9H,4-8H2,(H,24,31)(H2,23,25,29,30). The molecule has 0 radical (unpaired) electrons. The van der Waals surface area contributed by atoms with Gasteiger partial charge in [0.05, 0.1) is 30.4 Å². The molecule has 4 amide bonds. The minimum atomic E-state index is -4.60. The zero-order valence-corrected chi connectivity index (χ0v) is 16.3. The van der Waals surface area contributed by atoms with Crippen molar-refractivity contribution >= 4 is 29.4 Å². The topological polar surface area (TPSA) is 130 Å². The van der Waals surface area contributed by atoms with E-state index in [0.29, 0.717) is 17.0 Å². The first-order chi connectivity index (χ1) is 15.0. The van der Waals surface area contributed by atoms with Crippen LogP contribution in [0.4, 0.5) is 32.8 Å². The van der Waals surface area contributed by atoms with E-state index in [-0.39, 0.29) is 19.6 Å². The quantitative estimate of drug-likeness (QED) is 0.554. The molecule has 0 aromatic carbocycles. The molecule has 2 aliphatic rings. The van der Waals surface area contributed by atoms with Crippen molar-refractivity contribution in [3.63, 3.8) is 0 Å². The molecule has 1 unspecified atom stereocenters. The number of hydrogen-bond donors (Lipinski definition) is 3. The number of nitrogens with one attached hydrogen (secondary N) is 3. The van der Waals surface area contributed by atoms with Crippen LogP contribution in [0, 0.1) is 0 Å². The monoisotopic (exact) mass is 459 g/mol. The van der Waals surface area contributed by atoms with E-state index in [4.69, 9.17) is 0 Å². The number of rotatable bonds is 5. The van der Waals surface area contributed by atoms with Crippen molar-refractivity contribution in [2.24, 2.45) is 0 Å². The van der Waals surface area contributed by atoms with Gasteiger partial charge in [0, 0.05) is 18.9 Å². The number of imide groups is 1. The second kappa shape index (κ2) is 7.80. The van der Waals surface area contributed by atoms with Crippen LogP contribution < -0.4 is 20.9 Å². The lowest BCUT2D eigenvalue weighted by Crippen LogP contribution is -2.62. The van der Waals surface area contributed by atoms with Crippen molar-refractivity contribution in [3.8, 4) is 0 Å². The Labute approximate surface area is 177 Å². The number of nitrogens with zero attached hydrogens (tertiary/aromatic N) is 4. The average molecular weight is 459 g/mol. The lowest BCUT2D eigenvalue weighted by Gasteiger charge is -2.45. The molecule has 3 N–H and O–H groups in total. The largest absolute Gasteiger partial charge is 0.446 e. The van der Waals surface area contributed by atoms with Crippen molar-refractivity contribution in [2.45, 2.75) is 17.8 Å². The van der Waals surface area contributed by atoms with E-state index in [1.807, 2.05) is 0 Å². The minimum Gasteiger partial charge on any atom is -0.446 e. The fraction of sp³-hybridized carbons (Fsp3) is 0.471. The van der Waals surface area contributed by atoms with Crippen molar-refractivity contribution in [1.29, 1.82) is 0 Å². The molecule has 2 saturated heterocycles. The van der Waals surface area contributed by atoms with Crippen molar-refractivity contribution in [1.82, 2.24) is 30.5 Å². The summed E-state index contributed by atoms with van der Waals surface area (Å²) in [5.41, 5.74) is -0.805. The van der Waals surface area contributed by atoms with E-state index in [1.54, 1.807) is 11.0 Å². The van der Waals surface area contributed by atoms with E-state index in [1.165, 1.54) is 22.2 Å². The summed E-state index contributed by atoms with van der Waals surface area (Å²) in [4.78, 5) is 40.6. The predicted octanol–water partition coefficient (Wildman–Crippen LogP) is 0.469. The normalized spacial score (nSPS) is 20.4. The summed E-state index contributed by atoms with van der Waals surface area (Å²) in [6, 6.07) is 0.944. The van der Waals surface area contributed by atoms with E-state index in [9.17, 15) is 31.9 Å². The maximum absolute atomic E-state index is 14.8. The van der Waals surface area contributed by atoms with Gasteiger partial charge in [-0.1, -0.05) is 0 Å².